The number of sulfonamides is 1. The Labute approximate surface area is 144 Å². The van der Waals surface area contributed by atoms with E-state index in [4.69, 9.17) is 32.7 Å². The molecule has 0 radical (unpaired) electrons. The third kappa shape index (κ3) is 3.31. The van der Waals surface area contributed by atoms with Crippen LogP contribution in [0, 0.1) is 0 Å². The van der Waals surface area contributed by atoms with E-state index in [1.807, 2.05) is 0 Å². The summed E-state index contributed by atoms with van der Waals surface area (Å²) in [6.07, 6.45) is 1.74. The average Bonchev–Trinajstić information content (AvgIpc) is 2.52. The van der Waals surface area contributed by atoms with Crippen molar-refractivity contribution in [2.24, 2.45) is 0 Å². The van der Waals surface area contributed by atoms with E-state index in [1.54, 1.807) is 0 Å². The number of phenols is 1. The molecule has 2 aliphatic heterocycles. The van der Waals surface area contributed by atoms with Gasteiger partial charge in [-0.3, -0.25) is 0 Å². The van der Waals surface area contributed by atoms with Crippen molar-refractivity contribution in [1.29, 1.82) is 0 Å². The quantitative estimate of drug-likeness (QED) is 0.851. The van der Waals surface area contributed by atoms with Crippen LogP contribution in [0.1, 0.15) is 19.3 Å². The highest BCUT2D eigenvalue weighted by molar-refractivity contribution is 7.89. The Balaban J connectivity index is 1.82. The summed E-state index contributed by atoms with van der Waals surface area (Å²) in [4.78, 5) is -0.281. The lowest BCUT2D eigenvalue weighted by atomic mass is 10.0. The van der Waals surface area contributed by atoms with Gasteiger partial charge in [0.25, 0.3) is 0 Å². The van der Waals surface area contributed by atoms with Crippen LogP contribution < -0.4 is 0 Å². The van der Waals surface area contributed by atoms with E-state index in [1.165, 1.54) is 16.4 Å². The van der Waals surface area contributed by atoms with Gasteiger partial charge in [-0.2, -0.15) is 4.31 Å². The van der Waals surface area contributed by atoms with Crippen molar-refractivity contribution in [3.63, 3.8) is 0 Å². The lowest BCUT2D eigenvalue weighted by Gasteiger charge is -2.42. The first-order valence-corrected chi connectivity index (χ1v) is 9.50. The second-order valence-corrected chi connectivity index (χ2v) is 8.35. The minimum absolute atomic E-state index is 0.0940. The number of nitrogens with zero attached hydrogens (tertiary/aromatic N) is 1. The number of hydrogen-bond donors (Lipinski definition) is 1. The number of hydrogen-bond acceptors (Lipinski definition) is 5. The van der Waals surface area contributed by atoms with E-state index in [2.05, 4.69) is 0 Å². The lowest BCUT2D eigenvalue weighted by Crippen LogP contribution is -2.51. The SMILES string of the molecule is O=S(=O)(c1cc(Cl)cc(Cl)c1O)N1CCC2(CC1)OCCCO2. The van der Waals surface area contributed by atoms with Crippen molar-refractivity contribution in [3.05, 3.63) is 22.2 Å². The molecule has 0 aromatic heterocycles. The van der Waals surface area contributed by atoms with E-state index in [0.717, 1.165) is 6.42 Å². The number of phenolic OH excluding ortho intramolecular Hbond substituents is 1. The molecular weight excluding hydrogens is 365 g/mol. The predicted molar refractivity (Wildman–Crippen MR) is 85.4 cm³/mol. The van der Waals surface area contributed by atoms with Gasteiger partial charge in [-0.1, -0.05) is 23.2 Å². The van der Waals surface area contributed by atoms with E-state index in [-0.39, 0.29) is 28.0 Å². The highest BCUT2D eigenvalue weighted by atomic mass is 35.5. The van der Waals surface area contributed by atoms with Gasteiger partial charge in [-0.05, 0) is 18.6 Å². The summed E-state index contributed by atoms with van der Waals surface area (Å²) in [6, 6.07) is 2.50. The smallest absolute Gasteiger partial charge is 0.246 e. The standard InChI is InChI=1S/C14H17Cl2NO5S/c15-10-8-11(16)13(18)12(9-10)23(19,20)17-4-2-14(3-5-17)21-6-1-7-22-14/h8-9,18H,1-7H2. The zero-order valence-electron chi connectivity index (χ0n) is 12.3. The molecule has 2 fully saturated rings. The molecular formula is C14H17Cl2NO5S. The van der Waals surface area contributed by atoms with Crippen LogP contribution in [0.25, 0.3) is 0 Å². The summed E-state index contributed by atoms with van der Waals surface area (Å²) in [5, 5.41) is 10.0. The Hall–Kier alpha value is -0.570. The molecule has 128 valence electrons. The molecule has 0 bridgehead atoms. The summed E-state index contributed by atoms with van der Waals surface area (Å²) in [5.74, 6) is -1.17. The van der Waals surface area contributed by atoms with Crippen LogP contribution in [-0.2, 0) is 19.5 Å². The average molecular weight is 382 g/mol. The largest absolute Gasteiger partial charge is 0.505 e. The minimum atomic E-state index is -3.89. The Bertz CT molecular complexity index is 693. The predicted octanol–water partition coefficient (Wildman–Crippen LogP) is 2.62. The summed E-state index contributed by atoms with van der Waals surface area (Å²) < 4.78 is 38.2. The van der Waals surface area contributed by atoms with Gasteiger partial charge in [0.05, 0.1) is 18.2 Å². The molecule has 1 spiro atoms. The van der Waals surface area contributed by atoms with Crippen LogP contribution >= 0.6 is 23.2 Å². The van der Waals surface area contributed by atoms with Crippen LogP contribution in [0.15, 0.2) is 17.0 Å². The van der Waals surface area contributed by atoms with E-state index < -0.39 is 21.6 Å². The van der Waals surface area contributed by atoms with E-state index in [9.17, 15) is 13.5 Å². The fourth-order valence-electron chi connectivity index (χ4n) is 2.85. The fourth-order valence-corrected chi connectivity index (χ4v) is 5.04. The summed E-state index contributed by atoms with van der Waals surface area (Å²) in [7, 11) is -3.89. The van der Waals surface area contributed by atoms with Crippen LogP contribution in [0.3, 0.4) is 0 Å². The van der Waals surface area contributed by atoms with E-state index in [0.29, 0.717) is 26.1 Å². The summed E-state index contributed by atoms with van der Waals surface area (Å²) in [5.41, 5.74) is 0. The highest BCUT2D eigenvalue weighted by Gasteiger charge is 2.42. The van der Waals surface area contributed by atoms with Crippen molar-refractivity contribution in [2.75, 3.05) is 26.3 Å². The second kappa shape index (κ2) is 6.38. The Morgan fingerprint density at radius 2 is 1.74 bits per heavy atom. The maximum absolute atomic E-state index is 12.8. The molecule has 0 amide bonds. The van der Waals surface area contributed by atoms with Crippen LogP contribution in [0.5, 0.6) is 5.75 Å². The van der Waals surface area contributed by atoms with Crippen LogP contribution in [0.2, 0.25) is 10.0 Å². The molecule has 0 unspecified atom stereocenters. The van der Waals surface area contributed by atoms with Crippen molar-refractivity contribution in [2.45, 2.75) is 29.9 Å². The monoisotopic (exact) mass is 381 g/mol. The van der Waals surface area contributed by atoms with Gasteiger partial charge in [0, 0.05) is 31.0 Å². The fraction of sp³-hybridized carbons (Fsp3) is 0.571. The maximum Gasteiger partial charge on any atom is 0.246 e. The number of rotatable bonds is 2. The molecule has 23 heavy (non-hydrogen) atoms. The van der Waals surface area contributed by atoms with Crippen molar-refractivity contribution in [3.8, 4) is 5.75 Å². The minimum Gasteiger partial charge on any atom is -0.505 e. The molecule has 1 aromatic carbocycles. The second-order valence-electron chi connectivity index (χ2n) is 5.60. The molecule has 0 atom stereocenters. The highest BCUT2D eigenvalue weighted by Crippen LogP contribution is 2.38. The Morgan fingerprint density at radius 3 is 2.35 bits per heavy atom. The third-order valence-electron chi connectivity index (χ3n) is 4.11. The zero-order chi connectivity index (χ0) is 16.7. The Morgan fingerprint density at radius 1 is 1.13 bits per heavy atom. The molecule has 0 aliphatic carbocycles. The molecule has 2 saturated heterocycles. The van der Waals surface area contributed by atoms with Gasteiger partial charge >= 0.3 is 0 Å². The Kier molecular flexibility index (Phi) is 4.79. The van der Waals surface area contributed by atoms with Gasteiger partial charge in [-0.25, -0.2) is 8.42 Å². The molecule has 9 heteroatoms. The van der Waals surface area contributed by atoms with Crippen molar-refractivity contribution < 1.29 is 23.0 Å². The number of benzene rings is 1. The first-order valence-electron chi connectivity index (χ1n) is 7.30. The lowest BCUT2D eigenvalue weighted by molar-refractivity contribution is -0.280. The van der Waals surface area contributed by atoms with Gasteiger partial charge in [0.2, 0.25) is 10.0 Å². The number of aromatic hydroxyl groups is 1. The topological polar surface area (TPSA) is 76.1 Å². The summed E-state index contributed by atoms with van der Waals surface area (Å²) >= 11 is 11.7. The van der Waals surface area contributed by atoms with Crippen LogP contribution in [-0.4, -0.2) is 49.9 Å². The maximum atomic E-state index is 12.8. The van der Waals surface area contributed by atoms with E-state index >= 15 is 0 Å². The number of halogens is 2. The van der Waals surface area contributed by atoms with Crippen molar-refractivity contribution >= 4 is 33.2 Å². The van der Waals surface area contributed by atoms with Gasteiger partial charge in [-0.15, -0.1) is 0 Å². The normalized spacial score (nSPS) is 22.3. The molecule has 3 rings (SSSR count). The molecule has 0 saturated carbocycles. The molecule has 6 nitrogen and oxygen atoms in total. The third-order valence-corrected chi connectivity index (χ3v) is 6.53. The first-order chi connectivity index (χ1) is 10.8. The van der Waals surface area contributed by atoms with Gasteiger partial charge in [0.15, 0.2) is 11.5 Å². The zero-order valence-corrected chi connectivity index (χ0v) is 14.6. The summed E-state index contributed by atoms with van der Waals surface area (Å²) in [6.45, 7) is 1.73. The molecule has 1 N–H and O–H groups in total. The first kappa shape index (κ1) is 17.3. The molecule has 2 aliphatic rings. The van der Waals surface area contributed by atoms with Gasteiger partial charge in [0.1, 0.15) is 4.90 Å². The van der Waals surface area contributed by atoms with Crippen LogP contribution in [0.4, 0.5) is 0 Å². The number of piperidine rings is 1. The van der Waals surface area contributed by atoms with Crippen molar-refractivity contribution in [1.82, 2.24) is 4.31 Å². The molecule has 1 aromatic rings. The van der Waals surface area contributed by atoms with Gasteiger partial charge < -0.3 is 14.6 Å². The molecule has 2 heterocycles. The number of ether oxygens (including phenoxy) is 2.